The molecule has 1 heterocycles. The van der Waals surface area contributed by atoms with E-state index >= 15 is 0 Å². The highest BCUT2D eigenvalue weighted by atomic mass is 32.2. The summed E-state index contributed by atoms with van der Waals surface area (Å²) in [6.45, 7) is 8.39. The van der Waals surface area contributed by atoms with Gasteiger partial charge in [-0.25, -0.2) is 8.42 Å². The van der Waals surface area contributed by atoms with Crippen molar-refractivity contribution < 1.29 is 17.9 Å². The number of amides is 1. The van der Waals surface area contributed by atoms with Crippen LogP contribution in [-0.4, -0.2) is 33.2 Å². The van der Waals surface area contributed by atoms with Crippen molar-refractivity contribution in [3.8, 4) is 5.75 Å². The third-order valence-electron chi connectivity index (χ3n) is 3.86. The van der Waals surface area contributed by atoms with Gasteiger partial charge in [-0.1, -0.05) is 13.8 Å². The number of nitrogens with one attached hydrogen (secondary N) is 1. The SMILES string of the molecule is CCCN1C(=O)C(C)(C)COc2cc(NS(=O)(=O)CCC)ccc21. The van der Waals surface area contributed by atoms with Gasteiger partial charge in [0.2, 0.25) is 15.9 Å². The summed E-state index contributed by atoms with van der Waals surface area (Å²) in [5, 5.41) is 0. The average molecular weight is 354 g/mol. The molecule has 1 aliphatic heterocycles. The first kappa shape index (κ1) is 18.6. The monoisotopic (exact) mass is 354 g/mol. The molecule has 0 saturated heterocycles. The number of fused-ring (bicyclic) bond motifs is 1. The Hall–Kier alpha value is -1.76. The van der Waals surface area contributed by atoms with Crippen molar-refractivity contribution in [1.29, 1.82) is 0 Å². The first-order valence-corrected chi connectivity index (χ1v) is 9.94. The second kappa shape index (κ2) is 7.01. The van der Waals surface area contributed by atoms with Gasteiger partial charge in [0.1, 0.15) is 12.4 Å². The van der Waals surface area contributed by atoms with Gasteiger partial charge in [0.25, 0.3) is 0 Å². The van der Waals surface area contributed by atoms with E-state index in [4.69, 9.17) is 4.74 Å². The molecule has 1 aromatic carbocycles. The van der Waals surface area contributed by atoms with Crippen molar-refractivity contribution in [3.05, 3.63) is 18.2 Å². The van der Waals surface area contributed by atoms with E-state index in [1.165, 1.54) is 0 Å². The molecule has 6 nitrogen and oxygen atoms in total. The van der Waals surface area contributed by atoms with Crippen LogP contribution in [0.2, 0.25) is 0 Å². The molecule has 2 rings (SSSR count). The number of benzene rings is 1. The summed E-state index contributed by atoms with van der Waals surface area (Å²) >= 11 is 0. The van der Waals surface area contributed by atoms with E-state index in [1.54, 1.807) is 23.1 Å². The Morgan fingerprint density at radius 2 is 1.96 bits per heavy atom. The molecule has 0 fully saturated rings. The number of sulfonamides is 1. The standard InChI is InChI=1S/C17H26N2O4S/c1-5-9-19-14-8-7-13(18-24(21,22)10-6-2)11-15(14)23-12-17(3,4)16(19)20/h7-8,11,18H,5-6,9-10,12H2,1-4H3. The van der Waals surface area contributed by atoms with Crippen LogP contribution in [0.3, 0.4) is 0 Å². The second-order valence-corrected chi connectivity index (χ2v) is 8.57. The summed E-state index contributed by atoms with van der Waals surface area (Å²) in [6.07, 6.45) is 1.37. The Morgan fingerprint density at radius 1 is 1.25 bits per heavy atom. The van der Waals surface area contributed by atoms with Gasteiger partial charge in [-0.2, -0.15) is 0 Å². The van der Waals surface area contributed by atoms with E-state index in [9.17, 15) is 13.2 Å². The Labute approximate surface area is 144 Å². The first-order valence-electron chi connectivity index (χ1n) is 8.29. The molecule has 0 aromatic heterocycles. The number of nitrogens with zero attached hydrogens (tertiary/aromatic N) is 1. The molecular formula is C17H26N2O4S. The van der Waals surface area contributed by atoms with Crippen molar-refractivity contribution in [1.82, 2.24) is 0 Å². The summed E-state index contributed by atoms with van der Waals surface area (Å²) in [5.74, 6) is 0.611. The Balaban J connectivity index is 2.38. The predicted octanol–water partition coefficient (Wildman–Crippen LogP) is 3.00. The number of carbonyl (C=O) groups excluding carboxylic acids is 1. The van der Waals surface area contributed by atoms with Crippen LogP contribution in [0.25, 0.3) is 0 Å². The van der Waals surface area contributed by atoms with E-state index in [0.29, 0.717) is 30.1 Å². The van der Waals surface area contributed by atoms with E-state index < -0.39 is 15.4 Å². The van der Waals surface area contributed by atoms with Crippen LogP contribution in [0, 0.1) is 5.41 Å². The van der Waals surface area contributed by atoms with Crippen LogP contribution in [0.5, 0.6) is 5.75 Å². The summed E-state index contributed by atoms with van der Waals surface area (Å²) in [5.41, 5.74) is 0.507. The molecule has 1 amide bonds. The molecular weight excluding hydrogens is 328 g/mol. The third kappa shape index (κ3) is 4.01. The normalized spacial score (nSPS) is 17.0. The molecule has 0 aliphatic carbocycles. The maximum absolute atomic E-state index is 12.8. The molecule has 7 heteroatoms. The summed E-state index contributed by atoms with van der Waals surface area (Å²) in [6, 6.07) is 5.07. The lowest BCUT2D eigenvalue weighted by Gasteiger charge is -2.27. The van der Waals surface area contributed by atoms with Gasteiger partial charge >= 0.3 is 0 Å². The maximum Gasteiger partial charge on any atom is 0.236 e. The van der Waals surface area contributed by atoms with E-state index in [0.717, 1.165) is 6.42 Å². The van der Waals surface area contributed by atoms with Crippen molar-refractivity contribution in [2.75, 3.05) is 28.5 Å². The Kier molecular flexibility index (Phi) is 5.42. The van der Waals surface area contributed by atoms with Crippen molar-refractivity contribution >= 4 is 27.3 Å². The molecule has 0 radical (unpaired) electrons. The number of rotatable bonds is 6. The van der Waals surface area contributed by atoms with Crippen LogP contribution in [0.1, 0.15) is 40.5 Å². The fourth-order valence-electron chi connectivity index (χ4n) is 2.66. The minimum absolute atomic E-state index is 0.0161. The van der Waals surface area contributed by atoms with Gasteiger partial charge in [-0.3, -0.25) is 9.52 Å². The molecule has 24 heavy (non-hydrogen) atoms. The highest BCUT2D eigenvalue weighted by Gasteiger charge is 2.37. The number of ether oxygens (including phenoxy) is 1. The number of carbonyl (C=O) groups is 1. The highest BCUT2D eigenvalue weighted by molar-refractivity contribution is 7.92. The molecule has 1 N–H and O–H groups in total. The van der Waals surface area contributed by atoms with Gasteiger partial charge < -0.3 is 9.64 Å². The Morgan fingerprint density at radius 3 is 2.58 bits per heavy atom. The fraction of sp³-hybridized carbons (Fsp3) is 0.588. The number of hydrogen-bond acceptors (Lipinski definition) is 4. The molecule has 0 atom stereocenters. The lowest BCUT2D eigenvalue weighted by Crippen LogP contribution is -2.42. The zero-order valence-electron chi connectivity index (χ0n) is 14.8. The highest BCUT2D eigenvalue weighted by Crippen LogP contribution is 2.38. The molecule has 1 aromatic rings. The van der Waals surface area contributed by atoms with E-state index in [-0.39, 0.29) is 18.3 Å². The topological polar surface area (TPSA) is 75.7 Å². The molecule has 0 saturated carbocycles. The second-order valence-electron chi connectivity index (χ2n) is 6.73. The molecule has 0 bridgehead atoms. The minimum Gasteiger partial charge on any atom is -0.490 e. The summed E-state index contributed by atoms with van der Waals surface area (Å²) in [4.78, 5) is 14.5. The zero-order chi connectivity index (χ0) is 18.0. The van der Waals surface area contributed by atoms with Crippen LogP contribution < -0.4 is 14.4 Å². The quantitative estimate of drug-likeness (QED) is 0.852. The van der Waals surface area contributed by atoms with Gasteiger partial charge in [0.15, 0.2) is 0 Å². The van der Waals surface area contributed by atoms with Crippen molar-refractivity contribution in [2.45, 2.75) is 40.5 Å². The molecule has 1 aliphatic rings. The minimum atomic E-state index is -3.36. The van der Waals surface area contributed by atoms with Gasteiger partial charge in [0.05, 0.1) is 22.5 Å². The number of hydrogen-bond donors (Lipinski definition) is 1. The van der Waals surface area contributed by atoms with E-state index in [2.05, 4.69) is 4.72 Å². The van der Waals surface area contributed by atoms with Crippen LogP contribution in [-0.2, 0) is 14.8 Å². The van der Waals surface area contributed by atoms with Gasteiger partial charge in [-0.05, 0) is 38.8 Å². The lowest BCUT2D eigenvalue weighted by atomic mass is 9.93. The largest absolute Gasteiger partial charge is 0.490 e. The van der Waals surface area contributed by atoms with Crippen LogP contribution in [0.4, 0.5) is 11.4 Å². The lowest BCUT2D eigenvalue weighted by molar-refractivity contribution is -0.127. The maximum atomic E-state index is 12.8. The van der Waals surface area contributed by atoms with Crippen molar-refractivity contribution in [2.24, 2.45) is 5.41 Å². The van der Waals surface area contributed by atoms with Crippen LogP contribution in [0.15, 0.2) is 18.2 Å². The van der Waals surface area contributed by atoms with E-state index in [1.807, 2.05) is 27.7 Å². The molecule has 0 unspecified atom stereocenters. The first-order chi connectivity index (χ1) is 11.2. The zero-order valence-corrected chi connectivity index (χ0v) is 15.6. The predicted molar refractivity (Wildman–Crippen MR) is 96.1 cm³/mol. The van der Waals surface area contributed by atoms with Gasteiger partial charge in [0, 0.05) is 12.6 Å². The molecule has 134 valence electrons. The third-order valence-corrected chi connectivity index (χ3v) is 5.35. The number of anilines is 2. The summed E-state index contributed by atoms with van der Waals surface area (Å²) in [7, 11) is -3.36. The average Bonchev–Trinajstić information content (AvgIpc) is 2.58. The summed E-state index contributed by atoms with van der Waals surface area (Å²) < 4.78 is 32.3. The van der Waals surface area contributed by atoms with Gasteiger partial charge in [-0.15, -0.1) is 0 Å². The van der Waals surface area contributed by atoms with Crippen LogP contribution >= 0.6 is 0 Å². The Bertz CT molecular complexity index is 713. The van der Waals surface area contributed by atoms with Crippen molar-refractivity contribution in [3.63, 3.8) is 0 Å². The molecule has 0 spiro atoms. The fourth-order valence-corrected chi connectivity index (χ4v) is 3.78. The smallest absolute Gasteiger partial charge is 0.236 e.